The summed E-state index contributed by atoms with van der Waals surface area (Å²) < 4.78 is 69.7. The standard InChI is InChI=1S/C5H6F6.CH4/c1-3(2,4(6,7)8)5(9,10)11;/h1-2H3;1H4. The fraction of sp³-hybridized carbons (Fsp3) is 1.00. The molecule has 0 fully saturated rings. The van der Waals surface area contributed by atoms with Crippen LogP contribution in [-0.2, 0) is 0 Å². The van der Waals surface area contributed by atoms with E-state index in [1.165, 1.54) is 0 Å². The average Bonchev–Trinajstić information content (AvgIpc) is 1.58. The SMILES string of the molecule is C.CC(C)(C(F)(F)F)C(F)(F)F. The Balaban J connectivity index is 0. The van der Waals surface area contributed by atoms with Crippen LogP contribution in [0.3, 0.4) is 0 Å². The zero-order valence-electron chi connectivity index (χ0n) is 5.77. The van der Waals surface area contributed by atoms with Gasteiger partial charge in [-0.05, 0) is 13.8 Å². The van der Waals surface area contributed by atoms with Crippen molar-refractivity contribution in [2.24, 2.45) is 5.41 Å². The van der Waals surface area contributed by atoms with Crippen molar-refractivity contribution in [1.82, 2.24) is 0 Å². The Hall–Kier alpha value is -0.420. The molecule has 0 aromatic rings. The van der Waals surface area contributed by atoms with E-state index >= 15 is 0 Å². The van der Waals surface area contributed by atoms with Gasteiger partial charge in [0.05, 0.1) is 0 Å². The predicted octanol–water partition coefficient (Wildman–Crippen LogP) is 3.77. The van der Waals surface area contributed by atoms with Gasteiger partial charge in [-0.25, -0.2) is 0 Å². The molecule has 0 amide bonds. The van der Waals surface area contributed by atoms with E-state index in [4.69, 9.17) is 0 Å². The number of hydrogen-bond acceptors (Lipinski definition) is 0. The molecule has 0 N–H and O–H groups in total. The lowest BCUT2D eigenvalue weighted by atomic mass is 9.92. The quantitative estimate of drug-likeness (QED) is 0.517. The maximum absolute atomic E-state index is 11.6. The Morgan fingerprint density at radius 2 is 0.833 bits per heavy atom. The highest BCUT2D eigenvalue weighted by molar-refractivity contribution is 4.84. The van der Waals surface area contributed by atoms with Crippen LogP contribution in [0.4, 0.5) is 26.3 Å². The monoisotopic (exact) mass is 196 g/mol. The van der Waals surface area contributed by atoms with Crippen molar-refractivity contribution in [3.8, 4) is 0 Å². The van der Waals surface area contributed by atoms with Gasteiger partial charge in [0.15, 0.2) is 5.41 Å². The van der Waals surface area contributed by atoms with Gasteiger partial charge in [0, 0.05) is 0 Å². The van der Waals surface area contributed by atoms with Gasteiger partial charge in [-0.15, -0.1) is 0 Å². The average molecular weight is 196 g/mol. The van der Waals surface area contributed by atoms with Gasteiger partial charge >= 0.3 is 12.4 Å². The smallest absolute Gasteiger partial charge is 0.170 e. The van der Waals surface area contributed by atoms with Crippen LogP contribution < -0.4 is 0 Å². The summed E-state index contributed by atoms with van der Waals surface area (Å²) in [6.07, 6.45) is -10.5. The molecule has 0 unspecified atom stereocenters. The maximum atomic E-state index is 11.6. The molecule has 0 aromatic carbocycles. The highest BCUT2D eigenvalue weighted by Gasteiger charge is 2.64. The molecule has 0 bridgehead atoms. The minimum absolute atomic E-state index is 0. The van der Waals surface area contributed by atoms with Crippen molar-refractivity contribution in [2.45, 2.75) is 33.6 Å². The molecular formula is C6H10F6. The number of rotatable bonds is 0. The van der Waals surface area contributed by atoms with Gasteiger partial charge in [0.1, 0.15) is 0 Å². The maximum Gasteiger partial charge on any atom is 0.402 e. The molecule has 0 atom stereocenters. The van der Waals surface area contributed by atoms with E-state index in [1.54, 1.807) is 0 Å². The summed E-state index contributed by atoms with van der Waals surface area (Å²) in [5.41, 5.74) is -3.62. The first kappa shape index (κ1) is 14.1. The van der Waals surface area contributed by atoms with Crippen molar-refractivity contribution in [3.05, 3.63) is 0 Å². The second-order valence-corrected chi connectivity index (χ2v) is 2.62. The minimum atomic E-state index is -5.24. The second-order valence-electron chi connectivity index (χ2n) is 2.62. The summed E-state index contributed by atoms with van der Waals surface area (Å²) in [5, 5.41) is 0. The Morgan fingerprint density at radius 1 is 0.667 bits per heavy atom. The van der Waals surface area contributed by atoms with Crippen LogP contribution in [-0.4, -0.2) is 12.4 Å². The van der Waals surface area contributed by atoms with Crippen molar-refractivity contribution in [1.29, 1.82) is 0 Å². The Kier molecular flexibility index (Phi) is 3.70. The largest absolute Gasteiger partial charge is 0.402 e. The normalized spacial score (nSPS) is 14.0. The first-order valence-electron chi connectivity index (χ1n) is 2.63. The zero-order valence-corrected chi connectivity index (χ0v) is 5.77. The molecule has 0 saturated carbocycles. The summed E-state index contributed by atoms with van der Waals surface area (Å²) in [6, 6.07) is 0. The molecule has 0 nitrogen and oxygen atoms in total. The van der Waals surface area contributed by atoms with Crippen LogP contribution in [0.15, 0.2) is 0 Å². The summed E-state index contributed by atoms with van der Waals surface area (Å²) in [4.78, 5) is 0. The van der Waals surface area contributed by atoms with E-state index in [0.717, 1.165) is 0 Å². The highest BCUT2D eigenvalue weighted by Crippen LogP contribution is 2.49. The van der Waals surface area contributed by atoms with Crippen LogP contribution in [0.2, 0.25) is 0 Å². The molecule has 0 aromatic heterocycles. The fourth-order valence-electron chi connectivity index (χ4n) is 0.161. The third-order valence-electron chi connectivity index (χ3n) is 1.42. The van der Waals surface area contributed by atoms with Gasteiger partial charge in [0.2, 0.25) is 0 Å². The zero-order chi connectivity index (χ0) is 9.50. The van der Waals surface area contributed by atoms with Crippen LogP contribution in [0, 0.1) is 5.41 Å². The minimum Gasteiger partial charge on any atom is -0.170 e. The lowest BCUT2D eigenvalue weighted by molar-refractivity contribution is -0.327. The van der Waals surface area contributed by atoms with Crippen molar-refractivity contribution >= 4 is 0 Å². The third-order valence-corrected chi connectivity index (χ3v) is 1.42. The van der Waals surface area contributed by atoms with Gasteiger partial charge < -0.3 is 0 Å². The van der Waals surface area contributed by atoms with Crippen LogP contribution in [0.25, 0.3) is 0 Å². The van der Waals surface area contributed by atoms with Crippen molar-refractivity contribution in [2.75, 3.05) is 0 Å². The second kappa shape index (κ2) is 3.14. The predicted molar refractivity (Wildman–Crippen MR) is 32.6 cm³/mol. The lowest BCUT2D eigenvalue weighted by Gasteiger charge is -2.29. The van der Waals surface area contributed by atoms with E-state index in [9.17, 15) is 26.3 Å². The van der Waals surface area contributed by atoms with Crippen molar-refractivity contribution < 1.29 is 26.3 Å². The molecule has 0 aliphatic heterocycles. The number of alkyl halides is 6. The third kappa shape index (κ3) is 2.28. The first-order valence-corrected chi connectivity index (χ1v) is 2.63. The summed E-state index contributed by atoms with van der Waals surface area (Å²) in [5.74, 6) is 0. The van der Waals surface area contributed by atoms with E-state index in [0.29, 0.717) is 0 Å². The van der Waals surface area contributed by atoms with Gasteiger partial charge in [-0.2, -0.15) is 26.3 Å². The fourth-order valence-corrected chi connectivity index (χ4v) is 0.161. The molecule has 0 aliphatic rings. The molecule has 0 spiro atoms. The molecular weight excluding hydrogens is 186 g/mol. The van der Waals surface area contributed by atoms with E-state index in [-0.39, 0.29) is 21.3 Å². The molecule has 0 rings (SSSR count). The molecule has 76 valence electrons. The Morgan fingerprint density at radius 3 is 0.833 bits per heavy atom. The van der Waals surface area contributed by atoms with E-state index in [2.05, 4.69) is 0 Å². The molecule has 0 radical (unpaired) electrons. The topological polar surface area (TPSA) is 0 Å². The molecule has 0 saturated heterocycles. The Labute approximate surface area is 66.6 Å². The van der Waals surface area contributed by atoms with Crippen LogP contribution in [0.5, 0.6) is 0 Å². The van der Waals surface area contributed by atoms with Crippen LogP contribution >= 0.6 is 0 Å². The molecule has 6 heteroatoms. The van der Waals surface area contributed by atoms with E-state index < -0.39 is 17.8 Å². The van der Waals surface area contributed by atoms with Gasteiger partial charge in [-0.1, -0.05) is 7.43 Å². The highest BCUT2D eigenvalue weighted by atomic mass is 19.4. The summed E-state index contributed by atoms with van der Waals surface area (Å²) in [7, 11) is 0. The van der Waals surface area contributed by atoms with Gasteiger partial charge in [0.25, 0.3) is 0 Å². The number of hydrogen-bond donors (Lipinski definition) is 0. The lowest BCUT2D eigenvalue weighted by Crippen LogP contribution is -2.44. The molecule has 12 heavy (non-hydrogen) atoms. The molecule has 0 aliphatic carbocycles. The number of halogens is 6. The van der Waals surface area contributed by atoms with Crippen molar-refractivity contribution in [3.63, 3.8) is 0 Å². The van der Waals surface area contributed by atoms with Crippen LogP contribution in [0.1, 0.15) is 21.3 Å². The van der Waals surface area contributed by atoms with Gasteiger partial charge in [-0.3, -0.25) is 0 Å². The Bertz CT molecular complexity index is 123. The van der Waals surface area contributed by atoms with E-state index in [1.807, 2.05) is 0 Å². The molecule has 0 heterocycles. The summed E-state index contributed by atoms with van der Waals surface area (Å²) >= 11 is 0. The first-order chi connectivity index (χ1) is 4.50. The summed E-state index contributed by atoms with van der Waals surface area (Å²) in [6.45, 7) is 0.208.